The van der Waals surface area contributed by atoms with Crippen molar-refractivity contribution in [1.29, 1.82) is 0 Å². The molecule has 0 saturated carbocycles. The Bertz CT molecular complexity index is 339. The van der Waals surface area contributed by atoms with E-state index in [-0.39, 0.29) is 18.7 Å². The van der Waals surface area contributed by atoms with Crippen LogP contribution in [0.25, 0.3) is 0 Å². The highest BCUT2D eigenvalue weighted by Crippen LogP contribution is 2.20. The first-order valence-corrected chi connectivity index (χ1v) is 7.68. The Labute approximate surface area is 127 Å². The van der Waals surface area contributed by atoms with Crippen LogP contribution in [0.1, 0.15) is 47.0 Å². The maximum atomic E-state index is 12.2. The van der Waals surface area contributed by atoms with Gasteiger partial charge in [-0.25, -0.2) is 4.79 Å². The van der Waals surface area contributed by atoms with Crippen LogP contribution in [-0.2, 0) is 4.74 Å². The van der Waals surface area contributed by atoms with Crippen LogP contribution in [0.3, 0.4) is 0 Å². The topological polar surface area (TPSA) is 82.0 Å². The molecule has 0 aromatic heterocycles. The van der Waals surface area contributed by atoms with E-state index in [2.05, 4.69) is 5.32 Å². The molecule has 1 fully saturated rings. The fraction of sp³-hybridized carbons (Fsp3) is 0.933. The molecule has 2 atom stereocenters. The van der Waals surface area contributed by atoms with Crippen LogP contribution in [0, 0.1) is 0 Å². The molecule has 0 radical (unpaired) electrons. The molecule has 1 aliphatic heterocycles. The van der Waals surface area contributed by atoms with E-state index < -0.39 is 11.2 Å². The number of likely N-dealkylation sites (tertiary alicyclic amines) is 1. The zero-order valence-corrected chi connectivity index (χ0v) is 13.7. The van der Waals surface area contributed by atoms with Crippen molar-refractivity contribution < 1.29 is 19.7 Å². The largest absolute Gasteiger partial charge is 0.444 e. The van der Waals surface area contributed by atoms with Gasteiger partial charge in [-0.15, -0.1) is 0 Å². The number of amides is 1. The first-order chi connectivity index (χ1) is 9.64. The third-order valence-electron chi connectivity index (χ3n) is 3.48. The third-order valence-corrected chi connectivity index (χ3v) is 3.48. The van der Waals surface area contributed by atoms with Gasteiger partial charge in [-0.1, -0.05) is 0 Å². The summed E-state index contributed by atoms with van der Waals surface area (Å²) in [6.07, 6.45) is 2.72. The third kappa shape index (κ3) is 6.63. The molecule has 0 spiro atoms. The molecular weight excluding hydrogens is 272 g/mol. The summed E-state index contributed by atoms with van der Waals surface area (Å²) in [4.78, 5) is 14.0. The molecule has 1 saturated heterocycles. The second-order valence-electron chi connectivity index (χ2n) is 7.11. The number of hydrogen-bond donors (Lipinski definition) is 3. The van der Waals surface area contributed by atoms with E-state index in [1.54, 1.807) is 11.8 Å². The number of ether oxygens (including phenoxy) is 1. The molecular formula is C15H30N2O4. The highest BCUT2D eigenvalue weighted by atomic mass is 16.6. The van der Waals surface area contributed by atoms with Gasteiger partial charge in [0.25, 0.3) is 0 Å². The lowest BCUT2D eigenvalue weighted by atomic mass is 10.0. The van der Waals surface area contributed by atoms with E-state index in [9.17, 15) is 9.90 Å². The average Bonchev–Trinajstić information content (AvgIpc) is 2.37. The Balaban J connectivity index is 2.51. The van der Waals surface area contributed by atoms with E-state index in [1.165, 1.54) is 0 Å². The Hall–Kier alpha value is -0.850. The number of nitrogens with zero attached hydrogens (tertiary/aromatic N) is 1. The normalized spacial score (nSPS) is 22.8. The Morgan fingerprint density at radius 2 is 2.00 bits per heavy atom. The summed E-state index contributed by atoms with van der Waals surface area (Å²) in [6.45, 7) is 8.46. The number of carbonyl (C=O) groups excluding carboxylic acids is 1. The van der Waals surface area contributed by atoms with Gasteiger partial charge in [0.05, 0.1) is 12.2 Å². The van der Waals surface area contributed by atoms with Crippen molar-refractivity contribution in [3.8, 4) is 0 Å². The van der Waals surface area contributed by atoms with E-state index in [0.717, 1.165) is 19.3 Å². The molecule has 1 heterocycles. The lowest BCUT2D eigenvalue weighted by Crippen LogP contribution is -2.52. The second kappa shape index (κ2) is 7.42. The summed E-state index contributed by atoms with van der Waals surface area (Å²) in [7, 11) is 0. The lowest BCUT2D eigenvalue weighted by molar-refractivity contribution is -0.00266. The van der Waals surface area contributed by atoms with Crippen LogP contribution >= 0.6 is 0 Å². The lowest BCUT2D eigenvalue weighted by Gasteiger charge is -2.37. The minimum absolute atomic E-state index is 0.0723. The van der Waals surface area contributed by atoms with E-state index in [0.29, 0.717) is 19.6 Å². The van der Waals surface area contributed by atoms with Gasteiger partial charge in [0.1, 0.15) is 5.60 Å². The first-order valence-electron chi connectivity index (χ1n) is 7.68. The minimum atomic E-state index is -1.13. The fourth-order valence-electron chi connectivity index (χ4n) is 2.34. The maximum absolute atomic E-state index is 12.2. The second-order valence-corrected chi connectivity index (χ2v) is 7.11. The number of rotatable bonds is 5. The highest BCUT2D eigenvalue weighted by Gasteiger charge is 2.30. The van der Waals surface area contributed by atoms with E-state index >= 15 is 0 Å². The van der Waals surface area contributed by atoms with Gasteiger partial charge >= 0.3 is 6.09 Å². The summed E-state index contributed by atoms with van der Waals surface area (Å²) in [6, 6.07) is 0.0723. The smallest absolute Gasteiger partial charge is 0.410 e. The number of carbonyl (C=O) groups is 1. The molecule has 6 nitrogen and oxygen atoms in total. The maximum Gasteiger partial charge on any atom is 0.410 e. The minimum Gasteiger partial charge on any atom is -0.444 e. The molecule has 0 aliphatic carbocycles. The summed E-state index contributed by atoms with van der Waals surface area (Å²) in [5, 5.41) is 21.9. The van der Waals surface area contributed by atoms with Gasteiger partial charge in [0.2, 0.25) is 0 Å². The number of hydrogen-bond acceptors (Lipinski definition) is 5. The molecule has 1 aliphatic rings. The van der Waals surface area contributed by atoms with Crippen LogP contribution in [0.4, 0.5) is 4.79 Å². The zero-order valence-electron chi connectivity index (χ0n) is 13.7. The number of aliphatic hydroxyl groups excluding tert-OH is 1. The van der Waals surface area contributed by atoms with Crippen molar-refractivity contribution in [3.63, 3.8) is 0 Å². The Kier molecular flexibility index (Phi) is 6.43. The molecule has 21 heavy (non-hydrogen) atoms. The Morgan fingerprint density at radius 1 is 1.33 bits per heavy atom. The standard InChI is InChI=1S/C15H30N2O4/c1-14(2,3)21-13(19)17-8-6-5-7-12(17)9-16-10-15(4,20)11-18/h12,16,18,20H,5-11H2,1-4H3. The van der Waals surface area contributed by atoms with Crippen LogP contribution < -0.4 is 5.32 Å². The summed E-state index contributed by atoms with van der Waals surface area (Å²) in [5.41, 5.74) is -1.63. The zero-order chi connectivity index (χ0) is 16.1. The van der Waals surface area contributed by atoms with Crippen molar-refractivity contribution in [3.05, 3.63) is 0 Å². The average molecular weight is 302 g/mol. The first kappa shape index (κ1) is 18.2. The van der Waals surface area contributed by atoms with E-state index in [4.69, 9.17) is 9.84 Å². The van der Waals surface area contributed by atoms with Crippen molar-refractivity contribution in [2.75, 3.05) is 26.2 Å². The molecule has 0 aromatic rings. The van der Waals surface area contributed by atoms with Crippen molar-refractivity contribution in [2.24, 2.45) is 0 Å². The summed E-state index contributed by atoms with van der Waals surface area (Å²) < 4.78 is 5.45. The molecule has 124 valence electrons. The van der Waals surface area contributed by atoms with Gasteiger partial charge in [0, 0.05) is 25.7 Å². The van der Waals surface area contributed by atoms with Gasteiger partial charge in [0.15, 0.2) is 0 Å². The molecule has 1 rings (SSSR count). The van der Waals surface area contributed by atoms with Gasteiger partial charge < -0.3 is 25.2 Å². The van der Waals surface area contributed by atoms with Crippen LogP contribution in [0.15, 0.2) is 0 Å². The summed E-state index contributed by atoms with van der Waals surface area (Å²) >= 11 is 0. The number of aliphatic hydroxyl groups is 2. The highest BCUT2D eigenvalue weighted by molar-refractivity contribution is 5.68. The van der Waals surface area contributed by atoms with Crippen molar-refractivity contribution >= 4 is 6.09 Å². The fourth-order valence-corrected chi connectivity index (χ4v) is 2.34. The number of nitrogens with one attached hydrogen (secondary N) is 1. The van der Waals surface area contributed by atoms with Crippen LogP contribution in [-0.4, -0.2) is 64.7 Å². The molecule has 0 bridgehead atoms. The monoisotopic (exact) mass is 302 g/mol. The molecule has 2 unspecified atom stereocenters. The molecule has 6 heteroatoms. The Morgan fingerprint density at radius 3 is 2.57 bits per heavy atom. The summed E-state index contributed by atoms with van der Waals surface area (Å²) in [5.74, 6) is 0. The molecule has 1 amide bonds. The van der Waals surface area contributed by atoms with Crippen molar-refractivity contribution in [2.45, 2.75) is 64.2 Å². The SMILES string of the molecule is CC(O)(CO)CNCC1CCCCN1C(=O)OC(C)(C)C. The predicted octanol–water partition coefficient (Wildman–Crippen LogP) is 1.11. The molecule has 3 N–H and O–H groups in total. The quantitative estimate of drug-likeness (QED) is 0.709. The van der Waals surface area contributed by atoms with Crippen molar-refractivity contribution in [1.82, 2.24) is 10.2 Å². The van der Waals surface area contributed by atoms with E-state index in [1.807, 2.05) is 20.8 Å². The molecule has 0 aromatic carbocycles. The van der Waals surface area contributed by atoms with Gasteiger partial charge in [-0.3, -0.25) is 0 Å². The number of piperidine rings is 1. The van der Waals surface area contributed by atoms with Crippen LogP contribution in [0.2, 0.25) is 0 Å². The van der Waals surface area contributed by atoms with Gasteiger partial charge in [-0.05, 0) is 47.0 Å². The van der Waals surface area contributed by atoms with Gasteiger partial charge in [-0.2, -0.15) is 0 Å². The predicted molar refractivity (Wildman–Crippen MR) is 81.2 cm³/mol. The van der Waals surface area contributed by atoms with Crippen LogP contribution in [0.5, 0.6) is 0 Å².